The van der Waals surface area contributed by atoms with Crippen molar-refractivity contribution in [2.75, 3.05) is 43.8 Å². The van der Waals surface area contributed by atoms with Crippen molar-refractivity contribution in [1.82, 2.24) is 29.0 Å². The van der Waals surface area contributed by atoms with Crippen molar-refractivity contribution >= 4 is 21.7 Å². The summed E-state index contributed by atoms with van der Waals surface area (Å²) in [6.07, 6.45) is 10.6. The van der Waals surface area contributed by atoms with E-state index in [1.165, 1.54) is 25.5 Å². The van der Waals surface area contributed by atoms with Gasteiger partial charge in [-0.1, -0.05) is 6.42 Å². The molecule has 0 spiro atoms. The first-order valence-corrected chi connectivity index (χ1v) is 14.7. The lowest BCUT2D eigenvalue weighted by Crippen LogP contribution is -2.43. The van der Waals surface area contributed by atoms with Gasteiger partial charge >= 0.3 is 0 Å². The molecule has 2 saturated heterocycles. The largest absolute Gasteiger partial charge is 0.389 e. The first-order chi connectivity index (χ1) is 17.6. The Hall–Kier alpha value is -2.59. The number of hydrogen-bond acceptors (Lipinski definition) is 8. The average molecular weight is 531 g/mol. The van der Waals surface area contributed by atoms with E-state index in [1.54, 1.807) is 35.2 Å². The van der Waals surface area contributed by atoms with Gasteiger partial charge in [0.1, 0.15) is 0 Å². The molecule has 2 fully saturated rings. The maximum atomic E-state index is 12.9. The molecule has 4 heterocycles. The van der Waals surface area contributed by atoms with Crippen LogP contribution in [0.5, 0.6) is 0 Å². The van der Waals surface area contributed by atoms with Crippen LogP contribution in [0.15, 0.2) is 18.6 Å². The second-order valence-electron chi connectivity index (χ2n) is 10.7. The SMILES string of the molecule is [C-]#[N+]c1cnc(NC2CCN(S(=O)(=O)CCCN3CCCCC3)CC2)nc1-c1cnn(CC(C)(C)O)c1. The minimum Gasteiger partial charge on any atom is -0.389 e. The van der Waals surface area contributed by atoms with E-state index in [1.807, 2.05) is 0 Å². The minimum absolute atomic E-state index is 0.0457. The summed E-state index contributed by atoms with van der Waals surface area (Å²) in [4.78, 5) is 14.8. The van der Waals surface area contributed by atoms with Crippen LogP contribution < -0.4 is 5.32 Å². The van der Waals surface area contributed by atoms with E-state index >= 15 is 0 Å². The molecular weight excluding hydrogens is 492 g/mol. The lowest BCUT2D eigenvalue weighted by molar-refractivity contribution is 0.0577. The Morgan fingerprint density at radius 1 is 1.16 bits per heavy atom. The third-order valence-electron chi connectivity index (χ3n) is 6.85. The summed E-state index contributed by atoms with van der Waals surface area (Å²) in [5.41, 5.74) is 0.549. The van der Waals surface area contributed by atoms with Gasteiger partial charge in [0.2, 0.25) is 21.7 Å². The van der Waals surface area contributed by atoms with Crippen molar-refractivity contribution in [2.45, 2.75) is 70.6 Å². The van der Waals surface area contributed by atoms with E-state index in [2.05, 4.69) is 30.1 Å². The number of nitrogens with zero attached hydrogens (tertiary/aromatic N) is 7. The number of rotatable bonds is 10. The van der Waals surface area contributed by atoms with Gasteiger partial charge in [-0.05, 0) is 65.6 Å². The van der Waals surface area contributed by atoms with Gasteiger partial charge < -0.3 is 15.3 Å². The van der Waals surface area contributed by atoms with E-state index in [9.17, 15) is 13.5 Å². The summed E-state index contributed by atoms with van der Waals surface area (Å²) in [7, 11) is -3.26. The monoisotopic (exact) mass is 530 g/mol. The Morgan fingerprint density at radius 3 is 2.57 bits per heavy atom. The quantitative estimate of drug-likeness (QED) is 0.450. The van der Waals surface area contributed by atoms with Crippen molar-refractivity contribution in [1.29, 1.82) is 0 Å². The number of hydrogen-bond donors (Lipinski definition) is 2. The zero-order chi connectivity index (χ0) is 26.5. The molecular formula is C25H38N8O3S. The molecule has 2 aliphatic heterocycles. The van der Waals surface area contributed by atoms with Crippen molar-refractivity contribution in [3.63, 3.8) is 0 Å². The smallest absolute Gasteiger partial charge is 0.231 e. The Labute approximate surface area is 219 Å². The number of nitrogens with one attached hydrogen (secondary N) is 1. The molecule has 202 valence electrons. The summed E-state index contributed by atoms with van der Waals surface area (Å²) in [6, 6.07) is 0.0457. The molecule has 0 aromatic carbocycles. The highest BCUT2D eigenvalue weighted by atomic mass is 32.2. The Kier molecular flexibility index (Phi) is 8.79. The summed E-state index contributed by atoms with van der Waals surface area (Å²) < 4.78 is 29.0. The molecule has 2 N–H and O–H groups in total. The molecule has 2 aromatic rings. The second kappa shape index (κ2) is 11.9. The molecule has 0 amide bonds. The molecule has 12 heteroatoms. The Balaban J connectivity index is 1.32. The molecule has 11 nitrogen and oxygen atoms in total. The highest BCUT2D eigenvalue weighted by Crippen LogP contribution is 2.29. The van der Waals surface area contributed by atoms with E-state index in [0.717, 1.165) is 19.6 Å². The highest BCUT2D eigenvalue weighted by molar-refractivity contribution is 7.89. The summed E-state index contributed by atoms with van der Waals surface area (Å²) >= 11 is 0. The van der Waals surface area contributed by atoms with Crippen LogP contribution in [0.2, 0.25) is 0 Å². The van der Waals surface area contributed by atoms with E-state index in [4.69, 9.17) is 6.57 Å². The Morgan fingerprint density at radius 2 is 1.89 bits per heavy atom. The lowest BCUT2D eigenvalue weighted by atomic mass is 10.1. The van der Waals surface area contributed by atoms with Crippen molar-refractivity contribution < 1.29 is 13.5 Å². The topological polar surface area (TPSA) is 121 Å². The number of aliphatic hydroxyl groups is 1. The van der Waals surface area contributed by atoms with Gasteiger partial charge in [-0.25, -0.2) is 27.5 Å². The first kappa shape index (κ1) is 27.4. The van der Waals surface area contributed by atoms with Gasteiger partial charge in [0, 0.05) is 37.1 Å². The van der Waals surface area contributed by atoms with Gasteiger partial charge in [0.05, 0.1) is 36.4 Å². The van der Waals surface area contributed by atoms with E-state index in [0.29, 0.717) is 61.8 Å². The molecule has 0 radical (unpaired) electrons. The molecule has 2 aromatic heterocycles. The van der Waals surface area contributed by atoms with E-state index < -0.39 is 15.6 Å². The fourth-order valence-electron chi connectivity index (χ4n) is 4.95. The van der Waals surface area contributed by atoms with Gasteiger partial charge in [0.15, 0.2) is 0 Å². The molecule has 2 aliphatic rings. The van der Waals surface area contributed by atoms with Crippen LogP contribution in [0.1, 0.15) is 52.4 Å². The minimum atomic E-state index is -3.26. The number of piperidine rings is 2. The van der Waals surface area contributed by atoms with Crippen LogP contribution in [-0.2, 0) is 16.6 Å². The fraction of sp³-hybridized carbons (Fsp3) is 0.680. The third kappa shape index (κ3) is 7.70. The number of anilines is 1. The molecule has 0 bridgehead atoms. The summed E-state index contributed by atoms with van der Waals surface area (Å²) in [6.45, 7) is 15.2. The number of sulfonamides is 1. The lowest BCUT2D eigenvalue weighted by Gasteiger charge is -2.32. The number of likely N-dealkylation sites (tertiary alicyclic amines) is 1. The molecule has 0 unspecified atom stereocenters. The van der Waals surface area contributed by atoms with Crippen LogP contribution in [0.4, 0.5) is 11.6 Å². The average Bonchev–Trinajstić information content (AvgIpc) is 3.31. The molecule has 4 rings (SSSR count). The van der Waals surface area contributed by atoms with Gasteiger partial charge in [-0.15, -0.1) is 0 Å². The second-order valence-corrected chi connectivity index (χ2v) is 12.8. The number of aromatic nitrogens is 4. The summed E-state index contributed by atoms with van der Waals surface area (Å²) in [5.74, 6) is 0.605. The standard InChI is InChI=1S/C25H38N8O3S/c1-25(2,34)19-32-18-20(16-28-32)23-22(26-3)17-27-24(30-23)29-21-8-13-33(14-9-21)37(35,36)15-7-12-31-10-5-4-6-11-31/h16-18,21,34H,4-15,19H2,1-2H3,(H,27,29,30). The molecule has 37 heavy (non-hydrogen) atoms. The maximum Gasteiger partial charge on any atom is 0.231 e. The summed E-state index contributed by atoms with van der Waals surface area (Å²) in [5, 5.41) is 17.7. The normalized spacial score (nSPS) is 18.5. The van der Waals surface area contributed by atoms with Crippen molar-refractivity contribution in [3.8, 4) is 11.3 Å². The third-order valence-corrected chi connectivity index (χ3v) is 8.81. The van der Waals surface area contributed by atoms with Crippen LogP contribution in [0.3, 0.4) is 0 Å². The predicted octanol–water partition coefficient (Wildman–Crippen LogP) is 2.74. The Bertz CT molecular complexity index is 1190. The van der Waals surface area contributed by atoms with Crippen molar-refractivity contribution in [2.24, 2.45) is 0 Å². The zero-order valence-electron chi connectivity index (χ0n) is 21.8. The first-order valence-electron chi connectivity index (χ1n) is 13.1. The van der Waals surface area contributed by atoms with Gasteiger partial charge in [-0.3, -0.25) is 4.68 Å². The van der Waals surface area contributed by atoms with Crippen LogP contribution in [-0.4, -0.2) is 92.6 Å². The maximum absolute atomic E-state index is 12.9. The van der Waals surface area contributed by atoms with Crippen LogP contribution in [0.25, 0.3) is 16.1 Å². The predicted molar refractivity (Wildman–Crippen MR) is 143 cm³/mol. The van der Waals surface area contributed by atoms with Gasteiger partial charge in [-0.2, -0.15) is 5.10 Å². The van der Waals surface area contributed by atoms with Crippen LogP contribution >= 0.6 is 0 Å². The van der Waals surface area contributed by atoms with Gasteiger partial charge in [0.25, 0.3) is 0 Å². The fourth-order valence-corrected chi connectivity index (χ4v) is 6.47. The molecule has 0 aliphatic carbocycles. The van der Waals surface area contributed by atoms with E-state index in [-0.39, 0.29) is 11.8 Å². The van der Waals surface area contributed by atoms with Crippen molar-refractivity contribution in [3.05, 3.63) is 30.0 Å². The molecule has 0 saturated carbocycles. The molecule has 0 atom stereocenters. The van der Waals surface area contributed by atoms with Crippen LogP contribution in [0, 0.1) is 6.57 Å². The zero-order valence-corrected chi connectivity index (χ0v) is 22.6. The highest BCUT2D eigenvalue weighted by Gasteiger charge is 2.28.